The van der Waals surface area contributed by atoms with Crippen LogP contribution in [-0.4, -0.2) is 84.9 Å². The molecule has 12 heteroatoms. The predicted octanol–water partition coefficient (Wildman–Crippen LogP) is 3.28. The van der Waals surface area contributed by atoms with Gasteiger partial charge in [-0.05, 0) is 59.7 Å². The van der Waals surface area contributed by atoms with E-state index in [0.717, 1.165) is 11.1 Å². The van der Waals surface area contributed by atoms with Gasteiger partial charge in [0.1, 0.15) is 77.7 Å². The van der Waals surface area contributed by atoms with Gasteiger partial charge in [-0.15, -0.1) is 0 Å². The van der Waals surface area contributed by atoms with E-state index in [1.165, 1.54) is 19.2 Å². The SMILES string of the molecule is COc1cccc(COc2ccc(C(=O)c3c(OCc4cccc(OC)c4)cc(OC)cc3O[C@@H]3O[C@H](CO)[C@@H](O)[C@H](O)[C@H]3O)cc2)c1. The topological polar surface area (TPSA) is 163 Å². The highest BCUT2D eigenvalue weighted by Gasteiger charge is 2.45. The number of hydrogen-bond donors (Lipinski definition) is 4. The molecule has 4 aromatic carbocycles. The Bertz CT molecular complexity index is 1670. The van der Waals surface area contributed by atoms with E-state index in [4.69, 9.17) is 33.2 Å². The molecule has 48 heavy (non-hydrogen) atoms. The summed E-state index contributed by atoms with van der Waals surface area (Å²) in [6.45, 7) is -0.334. The van der Waals surface area contributed by atoms with Crippen LogP contribution < -0.4 is 28.4 Å². The lowest BCUT2D eigenvalue weighted by Crippen LogP contribution is -2.60. The first-order chi connectivity index (χ1) is 23.2. The molecular formula is C36H38O12. The van der Waals surface area contributed by atoms with Crippen LogP contribution >= 0.6 is 0 Å². The zero-order valence-electron chi connectivity index (χ0n) is 26.6. The van der Waals surface area contributed by atoms with Crippen LogP contribution in [0.1, 0.15) is 27.0 Å². The average molecular weight is 663 g/mol. The van der Waals surface area contributed by atoms with E-state index in [9.17, 15) is 25.2 Å². The predicted molar refractivity (Wildman–Crippen MR) is 172 cm³/mol. The Labute approximate surface area is 277 Å². The van der Waals surface area contributed by atoms with Crippen LogP contribution in [0.25, 0.3) is 0 Å². The molecule has 1 heterocycles. The van der Waals surface area contributed by atoms with Crippen LogP contribution in [0.3, 0.4) is 0 Å². The number of methoxy groups -OCH3 is 3. The first kappa shape index (κ1) is 34.5. The summed E-state index contributed by atoms with van der Waals surface area (Å²) in [5, 5.41) is 41.0. The summed E-state index contributed by atoms with van der Waals surface area (Å²) < 4.78 is 39.7. The minimum absolute atomic E-state index is 0.0271. The van der Waals surface area contributed by atoms with Crippen molar-refractivity contribution in [1.82, 2.24) is 0 Å². The Morgan fingerprint density at radius 2 is 1.25 bits per heavy atom. The largest absolute Gasteiger partial charge is 0.497 e. The van der Waals surface area contributed by atoms with Gasteiger partial charge in [0.15, 0.2) is 0 Å². The molecular weight excluding hydrogens is 624 g/mol. The monoisotopic (exact) mass is 662 g/mol. The maximum absolute atomic E-state index is 14.2. The minimum atomic E-state index is -1.72. The number of benzene rings is 4. The number of aliphatic hydroxyl groups is 4. The summed E-state index contributed by atoms with van der Waals surface area (Å²) >= 11 is 0. The molecule has 0 bridgehead atoms. The Balaban J connectivity index is 1.47. The van der Waals surface area contributed by atoms with Crippen molar-refractivity contribution in [2.75, 3.05) is 27.9 Å². The summed E-state index contributed by atoms with van der Waals surface area (Å²) in [6.07, 6.45) is -7.81. The van der Waals surface area contributed by atoms with Crippen molar-refractivity contribution in [3.05, 3.63) is 107 Å². The van der Waals surface area contributed by atoms with E-state index in [1.54, 1.807) is 56.7 Å². The van der Waals surface area contributed by atoms with Crippen molar-refractivity contribution >= 4 is 5.78 Å². The lowest BCUT2D eigenvalue weighted by atomic mass is 9.98. The van der Waals surface area contributed by atoms with Crippen molar-refractivity contribution in [3.8, 4) is 34.5 Å². The first-order valence-corrected chi connectivity index (χ1v) is 15.1. The van der Waals surface area contributed by atoms with E-state index < -0.39 is 43.1 Å². The summed E-state index contributed by atoms with van der Waals surface area (Å²) in [6, 6.07) is 24.2. The van der Waals surface area contributed by atoms with E-state index in [2.05, 4.69) is 0 Å². The molecule has 12 nitrogen and oxygen atoms in total. The Morgan fingerprint density at radius 3 is 1.83 bits per heavy atom. The highest BCUT2D eigenvalue weighted by atomic mass is 16.7. The molecule has 4 N–H and O–H groups in total. The molecule has 0 unspecified atom stereocenters. The molecule has 0 spiro atoms. The Kier molecular flexibility index (Phi) is 11.4. The van der Waals surface area contributed by atoms with Crippen molar-refractivity contribution in [1.29, 1.82) is 0 Å². The fourth-order valence-electron chi connectivity index (χ4n) is 5.10. The van der Waals surface area contributed by atoms with Crippen LogP contribution in [0, 0.1) is 0 Å². The lowest BCUT2D eigenvalue weighted by Gasteiger charge is -2.39. The number of carbonyl (C=O) groups is 1. The molecule has 0 saturated carbocycles. The summed E-state index contributed by atoms with van der Waals surface area (Å²) in [5.74, 6) is 1.62. The Hall–Kier alpha value is -4.85. The van der Waals surface area contributed by atoms with Gasteiger partial charge in [-0.2, -0.15) is 0 Å². The van der Waals surface area contributed by atoms with Gasteiger partial charge in [0.05, 0.1) is 27.9 Å². The standard InChI is InChI=1S/C36H38O12/c1-42-25-8-4-6-21(14-25)19-45-24-12-10-23(11-13-24)32(38)31-28(46-20-22-7-5-9-26(15-22)43-2)16-27(44-3)17-29(31)47-36-35(41)34(40)33(39)30(18-37)48-36/h4-17,30,33-37,39-41H,18-20H2,1-3H3/t30-,33-,34+,35-,36-/m1/s1. The molecule has 254 valence electrons. The van der Waals surface area contributed by atoms with Crippen molar-refractivity contribution in [2.45, 2.75) is 43.9 Å². The number of ether oxygens (including phenoxy) is 7. The molecule has 1 aliphatic heterocycles. The van der Waals surface area contributed by atoms with Gasteiger partial charge in [0.25, 0.3) is 0 Å². The molecule has 1 aliphatic rings. The minimum Gasteiger partial charge on any atom is -0.497 e. The van der Waals surface area contributed by atoms with Crippen LogP contribution in [0.4, 0.5) is 0 Å². The van der Waals surface area contributed by atoms with E-state index in [-0.39, 0.29) is 41.6 Å². The third-order valence-electron chi connectivity index (χ3n) is 7.78. The van der Waals surface area contributed by atoms with Crippen molar-refractivity contribution in [2.24, 2.45) is 0 Å². The summed E-state index contributed by atoms with van der Waals surface area (Å²) in [7, 11) is 4.56. The van der Waals surface area contributed by atoms with Gasteiger partial charge in [-0.3, -0.25) is 4.79 Å². The summed E-state index contributed by atoms with van der Waals surface area (Å²) in [5.41, 5.74) is 1.89. The number of ketones is 1. The van der Waals surface area contributed by atoms with Crippen molar-refractivity contribution in [3.63, 3.8) is 0 Å². The molecule has 0 radical (unpaired) electrons. The molecule has 5 rings (SSSR count). The smallest absolute Gasteiger partial charge is 0.229 e. The zero-order valence-corrected chi connectivity index (χ0v) is 26.6. The fraction of sp³-hybridized carbons (Fsp3) is 0.306. The second-order valence-electron chi connectivity index (χ2n) is 10.9. The molecule has 1 saturated heterocycles. The highest BCUT2D eigenvalue weighted by molar-refractivity contribution is 6.12. The summed E-state index contributed by atoms with van der Waals surface area (Å²) in [4.78, 5) is 14.2. The normalized spacial score (nSPS) is 20.4. The van der Waals surface area contributed by atoms with E-state index in [1.807, 2.05) is 30.3 Å². The Morgan fingerprint density at radius 1 is 0.667 bits per heavy atom. The fourth-order valence-corrected chi connectivity index (χ4v) is 5.10. The van der Waals surface area contributed by atoms with E-state index >= 15 is 0 Å². The first-order valence-electron chi connectivity index (χ1n) is 15.1. The van der Waals surface area contributed by atoms with Gasteiger partial charge in [0, 0.05) is 17.7 Å². The van der Waals surface area contributed by atoms with Crippen LogP contribution in [0.2, 0.25) is 0 Å². The lowest BCUT2D eigenvalue weighted by molar-refractivity contribution is -0.277. The highest BCUT2D eigenvalue weighted by Crippen LogP contribution is 2.38. The number of aliphatic hydroxyl groups excluding tert-OH is 4. The maximum atomic E-state index is 14.2. The molecule has 1 fully saturated rings. The number of hydrogen-bond acceptors (Lipinski definition) is 12. The van der Waals surface area contributed by atoms with Crippen molar-refractivity contribution < 1.29 is 58.4 Å². The molecule has 5 atom stereocenters. The molecule has 4 aromatic rings. The zero-order chi connectivity index (χ0) is 34.2. The van der Waals surface area contributed by atoms with Gasteiger partial charge < -0.3 is 53.6 Å². The molecule has 0 aliphatic carbocycles. The third kappa shape index (κ3) is 7.98. The average Bonchev–Trinajstić information content (AvgIpc) is 3.13. The third-order valence-corrected chi connectivity index (χ3v) is 7.78. The van der Waals surface area contributed by atoms with E-state index in [0.29, 0.717) is 17.2 Å². The van der Waals surface area contributed by atoms with Gasteiger partial charge in [-0.25, -0.2) is 0 Å². The van der Waals surface area contributed by atoms with Crippen LogP contribution in [-0.2, 0) is 18.0 Å². The maximum Gasteiger partial charge on any atom is 0.229 e. The van der Waals surface area contributed by atoms with Gasteiger partial charge in [-0.1, -0.05) is 24.3 Å². The van der Waals surface area contributed by atoms with Gasteiger partial charge >= 0.3 is 0 Å². The van der Waals surface area contributed by atoms with Crippen LogP contribution in [0.15, 0.2) is 84.9 Å². The number of rotatable bonds is 14. The van der Waals surface area contributed by atoms with Gasteiger partial charge in [0.2, 0.25) is 12.1 Å². The molecule has 0 amide bonds. The van der Waals surface area contributed by atoms with Crippen LogP contribution in [0.5, 0.6) is 34.5 Å². The second-order valence-corrected chi connectivity index (χ2v) is 10.9. The quantitative estimate of drug-likeness (QED) is 0.146. The molecule has 0 aromatic heterocycles. The number of carbonyl (C=O) groups excluding carboxylic acids is 1. The second kappa shape index (κ2) is 15.8.